The van der Waals surface area contributed by atoms with Crippen molar-refractivity contribution in [1.82, 2.24) is 15.5 Å². The first-order valence-electron chi connectivity index (χ1n) is 5.45. The molecule has 0 unspecified atom stereocenters. The fraction of sp³-hybridized carbons (Fsp3) is 0.900. The highest BCUT2D eigenvalue weighted by Crippen LogP contribution is 2.15. The summed E-state index contributed by atoms with van der Waals surface area (Å²) in [5.74, 6) is 0.746. The Morgan fingerprint density at radius 3 is 2.57 bits per heavy atom. The van der Waals surface area contributed by atoms with E-state index in [-0.39, 0.29) is 6.03 Å². The zero-order valence-corrected chi connectivity index (χ0v) is 9.18. The van der Waals surface area contributed by atoms with Crippen LogP contribution < -0.4 is 10.6 Å². The van der Waals surface area contributed by atoms with Crippen LogP contribution in [0.2, 0.25) is 0 Å². The van der Waals surface area contributed by atoms with Crippen LogP contribution in [0.3, 0.4) is 0 Å². The van der Waals surface area contributed by atoms with Gasteiger partial charge in [-0.1, -0.05) is 6.92 Å². The smallest absolute Gasteiger partial charge is 0.317 e. The molecule has 1 saturated heterocycles. The quantitative estimate of drug-likeness (QED) is 0.701. The average Bonchev–Trinajstić information content (AvgIpc) is 2.26. The molecule has 4 heteroatoms. The van der Waals surface area contributed by atoms with Crippen molar-refractivity contribution in [2.75, 3.05) is 33.2 Å². The molecule has 0 aromatic carbocycles. The number of piperidine rings is 1. The van der Waals surface area contributed by atoms with Gasteiger partial charge in [-0.15, -0.1) is 0 Å². The van der Waals surface area contributed by atoms with E-state index in [9.17, 15) is 4.79 Å². The van der Waals surface area contributed by atoms with Crippen LogP contribution >= 0.6 is 0 Å². The monoisotopic (exact) mass is 199 g/mol. The number of urea groups is 1. The van der Waals surface area contributed by atoms with E-state index in [1.165, 1.54) is 0 Å². The molecule has 0 aromatic rings. The zero-order valence-electron chi connectivity index (χ0n) is 9.18. The number of amides is 2. The molecule has 2 N–H and O–H groups in total. The fourth-order valence-corrected chi connectivity index (χ4v) is 1.85. The Bertz CT molecular complexity index is 176. The largest absolute Gasteiger partial charge is 0.341 e. The summed E-state index contributed by atoms with van der Waals surface area (Å²) in [5, 5.41) is 6.02. The maximum absolute atomic E-state index is 11.3. The third-order valence-electron chi connectivity index (χ3n) is 2.80. The van der Waals surface area contributed by atoms with Crippen LogP contribution in [0, 0.1) is 5.92 Å². The molecule has 14 heavy (non-hydrogen) atoms. The number of carbonyl (C=O) groups excluding carboxylic acids is 1. The van der Waals surface area contributed by atoms with E-state index in [0.717, 1.165) is 44.9 Å². The van der Waals surface area contributed by atoms with Crippen molar-refractivity contribution in [2.45, 2.75) is 19.8 Å². The van der Waals surface area contributed by atoms with Gasteiger partial charge in [0.15, 0.2) is 0 Å². The Morgan fingerprint density at radius 1 is 1.43 bits per heavy atom. The summed E-state index contributed by atoms with van der Waals surface area (Å²) in [7, 11) is 1.69. The molecule has 0 aliphatic carbocycles. The maximum atomic E-state index is 11.3. The third kappa shape index (κ3) is 3.18. The van der Waals surface area contributed by atoms with Crippen LogP contribution in [0.25, 0.3) is 0 Å². The summed E-state index contributed by atoms with van der Waals surface area (Å²) in [6, 6.07) is 0.0619. The lowest BCUT2D eigenvalue weighted by molar-refractivity contribution is 0.172. The molecule has 82 valence electrons. The first-order chi connectivity index (χ1) is 6.77. The van der Waals surface area contributed by atoms with E-state index in [1.807, 2.05) is 4.90 Å². The number of likely N-dealkylation sites (tertiary alicyclic amines) is 1. The number of nitrogens with one attached hydrogen (secondary N) is 2. The van der Waals surface area contributed by atoms with Gasteiger partial charge in [0.1, 0.15) is 0 Å². The molecule has 4 nitrogen and oxygen atoms in total. The Labute approximate surface area is 86.0 Å². The second kappa shape index (κ2) is 5.86. The molecule has 0 spiro atoms. The van der Waals surface area contributed by atoms with Gasteiger partial charge in [-0.25, -0.2) is 4.79 Å². The van der Waals surface area contributed by atoms with Gasteiger partial charge in [0.25, 0.3) is 0 Å². The van der Waals surface area contributed by atoms with Gasteiger partial charge in [-0.3, -0.25) is 0 Å². The molecule has 0 atom stereocenters. The molecule has 0 saturated carbocycles. The number of hydrogen-bond acceptors (Lipinski definition) is 2. The highest BCUT2D eigenvalue weighted by Gasteiger charge is 2.21. The second-order valence-corrected chi connectivity index (χ2v) is 3.79. The van der Waals surface area contributed by atoms with Crippen molar-refractivity contribution in [3.63, 3.8) is 0 Å². The molecule has 1 heterocycles. The van der Waals surface area contributed by atoms with E-state index in [2.05, 4.69) is 17.6 Å². The number of carbonyl (C=O) groups is 1. The molecule has 1 aliphatic heterocycles. The summed E-state index contributed by atoms with van der Waals surface area (Å²) < 4.78 is 0. The van der Waals surface area contributed by atoms with Crippen LogP contribution in [-0.4, -0.2) is 44.2 Å². The van der Waals surface area contributed by atoms with Crippen LogP contribution in [0.1, 0.15) is 19.8 Å². The summed E-state index contributed by atoms with van der Waals surface area (Å²) in [6.07, 6.45) is 2.25. The number of nitrogens with zero attached hydrogens (tertiary/aromatic N) is 1. The van der Waals surface area contributed by atoms with Gasteiger partial charge in [0.2, 0.25) is 0 Å². The average molecular weight is 199 g/mol. The van der Waals surface area contributed by atoms with Gasteiger partial charge < -0.3 is 15.5 Å². The number of rotatable bonds is 3. The lowest BCUT2D eigenvalue weighted by atomic mass is 9.97. The predicted octanol–water partition coefficient (Wildman–Crippen LogP) is 0.647. The minimum absolute atomic E-state index is 0.0619. The predicted molar refractivity (Wildman–Crippen MR) is 57.3 cm³/mol. The van der Waals surface area contributed by atoms with Crippen molar-refractivity contribution >= 4 is 6.03 Å². The van der Waals surface area contributed by atoms with E-state index in [1.54, 1.807) is 7.05 Å². The Kier molecular flexibility index (Phi) is 4.73. The van der Waals surface area contributed by atoms with Gasteiger partial charge in [0.05, 0.1) is 0 Å². The van der Waals surface area contributed by atoms with Crippen LogP contribution in [0.4, 0.5) is 4.79 Å². The summed E-state index contributed by atoms with van der Waals surface area (Å²) in [6.45, 7) is 6.05. The molecule has 1 rings (SSSR count). The maximum Gasteiger partial charge on any atom is 0.317 e. The molecule has 0 radical (unpaired) electrons. The normalized spacial score (nSPS) is 18.3. The molecular formula is C10H21N3O. The van der Waals surface area contributed by atoms with Crippen LogP contribution in [0.5, 0.6) is 0 Å². The lowest BCUT2D eigenvalue weighted by Crippen LogP contribution is -2.44. The second-order valence-electron chi connectivity index (χ2n) is 3.79. The summed E-state index contributed by atoms with van der Waals surface area (Å²) in [4.78, 5) is 13.2. The van der Waals surface area contributed by atoms with E-state index in [0.29, 0.717) is 0 Å². The number of hydrogen-bond donors (Lipinski definition) is 2. The van der Waals surface area contributed by atoms with Gasteiger partial charge in [-0.2, -0.15) is 0 Å². The minimum Gasteiger partial charge on any atom is -0.341 e. The first-order valence-corrected chi connectivity index (χ1v) is 5.45. The topological polar surface area (TPSA) is 44.4 Å². The van der Waals surface area contributed by atoms with Crippen molar-refractivity contribution in [1.29, 1.82) is 0 Å². The van der Waals surface area contributed by atoms with Crippen molar-refractivity contribution in [2.24, 2.45) is 5.92 Å². The first kappa shape index (κ1) is 11.3. The molecule has 0 bridgehead atoms. The highest BCUT2D eigenvalue weighted by atomic mass is 16.2. The standard InChI is InChI=1S/C10H21N3O/c1-3-12-8-9-4-6-13(7-5-9)10(14)11-2/h9,12H,3-8H2,1-2H3,(H,11,14). The van der Waals surface area contributed by atoms with E-state index >= 15 is 0 Å². The summed E-state index contributed by atoms with van der Waals surface area (Å²) >= 11 is 0. The molecule has 0 aromatic heterocycles. The minimum atomic E-state index is 0.0619. The SMILES string of the molecule is CCNCC1CCN(C(=O)NC)CC1. The third-order valence-corrected chi connectivity index (χ3v) is 2.80. The Morgan fingerprint density at radius 2 is 2.07 bits per heavy atom. The van der Waals surface area contributed by atoms with Crippen molar-refractivity contribution in [3.05, 3.63) is 0 Å². The molecular weight excluding hydrogens is 178 g/mol. The zero-order chi connectivity index (χ0) is 10.4. The van der Waals surface area contributed by atoms with Gasteiger partial charge in [0, 0.05) is 20.1 Å². The fourth-order valence-electron chi connectivity index (χ4n) is 1.85. The highest BCUT2D eigenvalue weighted by molar-refractivity contribution is 5.73. The van der Waals surface area contributed by atoms with Crippen molar-refractivity contribution in [3.8, 4) is 0 Å². The lowest BCUT2D eigenvalue weighted by Gasteiger charge is -2.31. The van der Waals surface area contributed by atoms with Crippen molar-refractivity contribution < 1.29 is 4.79 Å². The molecule has 2 amide bonds. The Balaban J connectivity index is 2.20. The van der Waals surface area contributed by atoms with Crippen LogP contribution in [-0.2, 0) is 0 Å². The van der Waals surface area contributed by atoms with Gasteiger partial charge in [-0.05, 0) is 31.8 Å². The van der Waals surface area contributed by atoms with Crippen LogP contribution in [0.15, 0.2) is 0 Å². The summed E-state index contributed by atoms with van der Waals surface area (Å²) in [5.41, 5.74) is 0. The molecule has 1 aliphatic rings. The van der Waals surface area contributed by atoms with E-state index in [4.69, 9.17) is 0 Å². The van der Waals surface area contributed by atoms with Gasteiger partial charge >= 0.3 is 6.03 Å². The van der Waals surface area contributed by atoms with E-state index < -0.39 is 0 Å². The Hall–Kier alpha value is -0.770. The molecule has 1 fully saturated rings.